The molecule has 1 heterocycles. The van der Waals surface area contributed by atoms with E-state index < -0.39 is 10.0 Å². The SMILES string of the molecule is CC(C)CNC1CCN(S(C)(=O)=O)CC1. The largest absolute Gasteiger partial charge is 0.314 e. The van der Waals surface area contributed by atoms with Gasteiger partial charge in [-0.25, -0.2) is 12.7 Å². The van der Waals surface area contributed by atoms with Crippen LogP contribution in [0, 0.1) is 5.92 Å². The summed E-state index contributed by atoms with van der Waals surface area (Å²) in [7, 11) is -2.98. The van der Waals surface area contributed by atoms with E-state index >= 15 is 0 Å². The molecule has 1 N–H and O–H groups in total. The lowest BCUT2D eigenvalue weighted by Crippen LogP contribution is -2.45. The Hall–Kier alpha value is -0.130. The fourth-order valence-electron chi connectivity index (χ4n) is 1.79. The van der Waals surface area contributed by atoms with E-state index in [9.17, 15) is 8.42 Å². The number of hydrogen-bond donors (Lipinski definition) is 1. The Morgan fingerprint density at radius 2 is 1.87 bits per heavy atom. The molecule has 1 saturated heterocycles. The zero-order valence-corrected chi connectivity index (χ0v) is 10.7. The van der Waals surface area contributed by atoms with Gasteiger partial charge in [0.25, 0.3) is 0 Å². The lowest BCUT2D eigenvalue weighted by atomic mass is 10.1. The van der Waals surface area contributed by atoms with Gasteiger partial charge in [0.05, 0.1) is 6.26 Å². The third-order valence-corrected chi connectivity index (χ3v) is 4.04. The molecule has 0 aliphatic carbocycles. The van der Waals surface area contributed by atoms with Crippen LogP contribution >= 0.6 is 0 Å². The van der Waals surface area contributed by atoms with E-state index in [1.807, 2.05) is 0 Å². The second kappa shape index (κ2) is 5.27. The van der Waals surface area contributed by atoms with Gasteiger partial charge in [-0.05, 0) is 25.3 Å². The van der Waals surface area contributed by atoms with Gasteiger partial charge in [-0.1, -0.05) is 13.8 Å². The van der Waals surface area contributed by atoms with Crippen molar-refractivity contribution in [3.05, 3.63) is 0 Å². The fourth-order valence-corrected chi connectivity index (χ4v) is 2.67. The molecule has 1 fully saturated rings. The fraction of sp³-hybridized carbons (Fsp3) is 1.00. The van der Waals surface area contributed by atoms with Gasteiger partial charge in [-0.2, -0.15) is 0 Å². The van der Waals surface area contributed by atoms with Crippen molar-refractivity contribution >= 4 is 10.0 Å². The van der Waals surface area contributed by atoms with E-state index in [1.165, 1.54) is 6.26 Å². The predicted molar refractivity (Wildman–Crippen MR) is 62.3 cm³/mol. The van der Waals surface area contributed by atoms with Crippen LogP contribution in [0.2, 0.25) is 0 Å². The minimum atomic E-state index is -2.98. The Morgan fingerprint density at radius 3 is 2.27 bits per heavy atom. The second-order valence-corrected chi connectivity index (χ2v) is 6.72. The summed E-state index contributed by atoms with van der Waals surface area (Å²) in [6.45, 7) is 6.70. The average molecular weight is 234 g/mol. The Kier molecular flexibility index (Phi) is 4.55. The van der Waals surface area contributed by atoms with Crippen LogP contribution in [0.1, 0.15) is 26.7 Å². The summed E-state index contributed by atoms with van der Waals surface area (Å²) in [4.78, 5) is 0. The molecule has 0 atom stereocenters. The molecule has 5 heteroatoms. The smallest absolute Gasteiger partial charge is 0.211 e. The summed E-state index contributed by atoms with van der Waals surface area (Å²) >= 11 is 0. The zero-order valence-electron chi connectivity index (χ0n) is 9.86. The lowest BCUT2D eigenvalue weighted by molar-refractivity contribution is 0.285. The van der Waals surface area contributed by atoms with Crippen molar-refractivity contribution < 1.29 is 8.42 Å². The molecule has 0 amide bonds. The van der Waals surface area contributed by atoms with E-state index in [2.05, 4.69) is 19.2 Å². The highest BCUT2D eigenvalue weighted by Gasteiger charge is 2.24. The van der Waals surface area contributed by atoms with Gasteiger partial charge in [-0.3, -0.25) is 0 Å². The molecule has 0 aromatic carbocycles. The van der Waals surface area contributed by atoms with Gasteiger partial charge < -0.3 is 5.32 Å². The molecular weight excluding hydrogens is 212 g/mol. The van der Waals surface area contributed by atoms with E-state index in [0.29, 0.717) is 25.0 Å². The Bertz CT molecular complexity index is 280. The Labute approximate surface area is 93.1 Å². The second-order valence-electron chi connectivity index (χ2n) is 4.74. The van der Waals surface area contributed by atoms with Crippen molar-refractivity contribution in [2.45, 2.75) is 32.7 Å². The van der Waals surface area contributed by atoms with Gasteiger partial charge >= 0.3 is 0 Å². The van der Waals surface area contributed by atoms with Crippen molar-refractivity contribution in [3.63, 3.8) is 0 Å². The van der Waals surface area contributed by atoms with Crippen LogP contribution in [-0.4, -0.2) is 44.7 Å². The molecule has 0 radical (unpaired) electrons. The van der Waals surface area contributed by atoms with E-state index in [1.54, 1.807) is 4.31 Å². The Balaban J connectivity index is 2.30. The van der Waals surface area contributed by atoms with Crippen LogP contribution in [0.3, 0.4) is 0 Å². The van der Waals surface area contributed by atoms with E-state index in [0.717, 1.165) is 19.4 Å². The number of sulfonamides is 1. The normalized spacial score (nSPS) is 21.1. The zero-order chi connectivity index (χ0) is 11.5. The summed E-state index contributed by atoms with van der Waals surface area (Å²) < 4.78 is 24.1. The van der Waals surface area contributed by atoms with Crippen LogP contribution in [-0.2, 0) is 10.0 Å². The standard InChI is InChI=1S/C10H22N2O2S/c1-9(2)8-11-10-4-6-12(7-5-10)15(3,13)14/h9-11H,4-8H2,1-3H3. The molecule has 1 aliphatic rings. The first-order valence-electron chi connectivity index (χ1n) is 5.58. The molecule has 90 valence electrons. The molecule has 4 nitrogen and oxygen atoms in total. The summed E-state index contributed by atoms with van der Waals surface area (Å²) in [5, 5.41) is 3.47. The number of rotatable bonds is 4. The van der Waals surface area contributed by atoms with Crippen molar-refractivity contribution in [1.82, 2.24) is 9.62 Å². The molecule has 0 aromatic rings. The van der Waals surface area contributed by atoms with Crippen LogP contribution in [0.5, 0.6) is 0 Å². The summed E-state index contributed by atoms with van der Waals surface area (Å²) in [5.41, 5.74) is 0. The lowest BCUT2D eigenvalue weighted by Gasteiger charge is -2.31. The molecule has 0 unspecified atom stereocenters. The minimum absolute atomic E-state index is 0.491. The first-order chi connectivity index (χ1) is 6.89. The number of nitrogens with zero attached hydrogens (tertiary/aromatic N) is 1. The first-order valence-corrected chi connectivity index (χ1v) is 7.43. The molecule has 1 aliphatic heterocycles. The third kappa shape index (κ3) is 4.49. The molecule has 0 saturated carbocycles. The monoisotopic (exact) mass is 234 g/mol. The molecule has 15 heavy (non-hydrogen) atoms. The first kappa shape index (κ1) is 12.9. The minimum Gasteiger partial charge on any atom is -0.314 e. The highest BCUT2D eigenvalue weighted by Crippen LogP contribution is 2.13. The van der Waals surface area contributed by atoms with Crippen molar-refractivity contribution in [1.29, 1.82) is 0 Å². The van der Waals surface area contributed by atoms with E-state index in [-0.39, 0.29) is 0 Å². The number of piperidine rings is 1. The molecule has 0 bridgehead atoms. The van der Waals surface area contributed by atoms with Gasteiger partial charge in [0.2, 0.25) is 10.0 Å². The summed E-state index contributed by atoms with van der Waals surface area (Å²) in [5.74, 6) is 0.651. The van der Waals surface area contributed by atoms with Crippen molar-refractivity contribution in [2.75, 3.05) is 25.9 Å². The summed E-state index contributed by atoms with van der Waals surface area (Å²) in [6.07, 6.45) is 3.15. The van der Waals surface area contributed by atoms with E-state index in [4.69, 9.17) is 0 Å². The van der Waals surface area contributed by atoms with Gasteiger partial charge in [-0.15, -0.1) is 0 Å². The maximum absolute atomic E-state index is 11.3. The maximum atomic E-state index is 11.3. The summed E-state index contributed by atoms with van der Waals surface area (Å²) in [6, 6.07) is 0.491. The Morgan fingerprint density at radius 1 is 1.33 bits per heavy atom. The van der Waals surface area contributed by atoms with Gasteiger partial charge in [0.15, 0.2) is 0 Å². The molecule has 0 spiro atoms. The molecular formula is C10H22N2O2S. The average Bonchev–Trinajstić information content (AvgIpc) is 2.14. The topological polar surface area (TPSA) is 49.4 Å². The van der Waals surface area contributed by atoms with Gasteiger partial charge in [0.1, 0.15) is 0 Å². The third-order valence-electron chi connectivity index (χ3n) is 2.74. The van der Waals surface area contributed by atoms with Gasteiger partial charge in [0, 0.05) is 19.1 Å². The molecule has 1 rings (SSSR count). The maximum Gasteiger partial charge on any atom is 0.211 e. The highest BCUT2D eigenvalue weighted by atomic mass is 32.2. The van der Waals surface area contributed by atoms with Crippen LogP contribution in [0.15, 0.2) is 0 Å². The van der Waals surface area contributed by atoms with Crippen LogP contribution < -0.4 is 5.32 Å². The van der Waals surface area contributed by atoms with Crippen molar-refractivity contribution in [3.8, 4) is 0 Å². The van der Waals surface area contributed by atoms with Crippen LogP contribution in [0.25, 0.3) is 0 Å². The van der Waals surface area contributed by atoms with Crippen molar-refractivity contribution in [2.24, 2.45) is 5.92 Å². The number of nitrogens with one attached hydrogen (secondary N) is 1. The number of hydrogen-bond acceptors (Lipinski definition) is 3. The quantitative estimate of drug-likeness (QED) is 0.777. The highest BCUT2D eigenvalue weighted by molar-refractivity contribution is 7.88. The van der Waals surface area contributed by atoms with Crippen LogP contribution in [0.4, 0.5) is 0 Å². The predicted octanol–water partition coefficient (Wildman–Crippen LogP) is 0.656. The molecule has 0 aromatic heterocycles.